The number of para-hydroxylation sites is 2. The fourth-order valence-electron chi connectivity index (χ4n) is 1.62. The van der Waals surface area contributed by atoms with Gasteiger partial charge in [0.05, 0.1) is 12.8 Å². The van der Waals surface area contributed by atoms with Gasteiger partial charge in [-0.2, -0.15) is 0 Å². The SMILES string of the molecule is COc1ccccc1NC(=S)N=Cc1c(O)[nH]c(=O)[nH]c1=O. The van der Waals surface area contributed by atoms with Crippen LogP contribution in [0.25, 0.3) is 0 Å². The second kappa shape index (κ2) is 6.68. The topological polar surface area (TPSA) is 120 Å². The van der Waals surface area contributed by atoms with E-state index < -0.39 is 17.1 Å². The Balaban J connectivity index is 2.19. The Morgan fingerprint density at radius 2 is 2.09 bits per heavy atom. The van der Waals surface area contributed by atoms with Gasteiger partial charge in [-0.05, 0) is 24.4 Å². The Kier molecular flexibility index (Phi) is 4.69. The van der Waals surface area contributed by atoms with Gasteiger partial charge in [0.1, 0.15) is 11.3 Å². The highest BCUT2D eigenvalue weighted by Gasteiger charge is 2.06. The lowest BCUT2D eigenvalue weighted by atomic mass is 10.3. The van der Waals surface area contributed by atoms with Crippen LogP contribution < -0.4 is 21.3 Å². The van der Waals surface area contributed by atoms with E-state index in [9.17, 15) is 14.7 Å². The predicted molar refractivity (Wildman–Crippen MR) is 86.2 cm³/mol. The Morgan fingerprint density at radius 1 is 1.36 bits per heavy atom. The summed E-state index contributed by atoms with van der Waals surface area (Å²) in [5.41, 5.74) is -1.19. The molecule has 0 unspecified atom stereocenters. The van der Waals surface area contributed by atoms with Gasteiger partial charge < -0.3 is 15.2 Å². The van der Waals surface area contributed by atoms with Gasteiger partial charge in [0.25, 0.3) is 5.56 Å². The monoisotopic (exact) mass is 320 g/mol. The number of H-pyrrole nitrogens is 2. The highest BCUT2D eigenvalue weighted by atomic mass is 32.1. The van der Waals surface area contributed by atoms with E-state index in [0.717, 1.165) is 6.21 Å². The normalized spacial score (nSPS) is 10.6. The third-order valence-corrected chi connectivity index (χ3v) is 2.83. The molecule has 2 aromatic rings. The Bertz CT molecular complexity index is 840. The first-order chi connectivity index (χ1) is 10.5. The van der Waals surface area contributed by atoms with Crippen LogP contribution in [0.2, 0.25) is 0 Å². The van der Waals surface area contributed by atoms with Crippen molar-refractivity contribution < 1.29 is 9.84 Å². The summed E-state index contributed by atoms with van der Waals surface area (Å²) in [7, 11) is 1.52. The van der Waals surface area contributed by atoms with Crippen molar-refractivity contribution in [2.24, 2.45) is 4.99 Å². The van der Waals surface area contributed by atoms with E-state index in [-0.39, 0.29) is 10.7 Å². The number of anilines is 1. The van der Waals surface area contributed by atoms with Crippen LogP contribution in [0.15, 0.2) is 38.8 Å². The number of aromatic hydroxyl groups is 1. The average molecular weight is 320 g/mol. The van der Waals surface area contributed by atoms with E-state index in [2.05, 4.69) is 10.3 Å². The number of hydrogen-bond acceptors (Lipinski definition) is 5. The molecule has 0 atom stereocenters. The van der Waals surface area contributed by atoms with Gasteiger partial charge in [-0.15, -0.1) is 0 Å². The fourth-order valence-corrected chi connectivity index (χ4v) is 1.79. The molecule has 0 fully saturated rings. The minimum absolute atomic E-state index is 0.0505. The molecule has 114 valence electrons. The number of rotatable bonds is 3. The van der Waals surface area contributed by atoms with Crippen LogP contribution in [0.3, 0.4) is 0 Å². The average Bonchev–Trinajstić information content (AvgIpc) is 2.46. The molecule has 0 amide bonds. The third-order valence-electron chi connectivity index (χ3n) is 2.62. The summed E-state index contributed by atoms with van der Waals surface area (Å²) in [6.45, 7) is 0. The van der Waals surface area contributed by atoms with Gasteiger partial charge in [-0.1, -0.05) is 12.1 Å². The molecule has 0 saturated heterocycles. The molecule has 1 aromatic carbocycles. The number of thiocarbonyl (C=S) groups is 1. The lowest BCUT2D eigenvalue weighted by Crippen LogP contribution is -2.25. The number of nitrogens with one attached hydrogen (secondary N) is 3. The number of ether oxygens (including phenoxy) is 1. The first kappa shape index (κ1) is 15.4. The molecule has 0 aliphatic carbocycles. The number of aromatic nitrogens is 2. The van der Waals surface area contributed by atoms with Crippen LogP contribution in [-0.4, -0.2) is 33.5 Å². The molecule has 0 saturated carbocycles. The largest absolute Gasteiger partial charge is 0.495 e. The minimum atomic E-state index is -0.811. The number of nitrogens with zero attached hydrogens (tertiary/aromatic N) is 1. The summed E-state index contributed by atoms with van der Waals surface area (Å²) in [6.07, 6.45) is 1.05. The number of methoxy groups -OCH3 is 1. The van der Waals surface area contributed by atoms with E-state index >= 15 is 0 Å². The lowest BCUT2D eigenvalue weighted by Gasteiger charge is -2.08. The zero-order valence-corrected chi connectivity index (χ0v) is 12.2. The third kappa shape index (κ3) is 3.58. The van der Waals surface area contributed by atoms with Gasteiger partial charge >= 0.3 is 5.69 Å². The molecule has 22 heavy (non-hydrogen) atoms. The van der Waals surface area contributed by atoms with Crippen molar-refractivity contribution in [3.63, 3.8) is 0 Å². The van der Waals surface area contributed by atoms with Crippen molar-refractivity contribution in [3.05, 3.63) is 50.7 Å². The van der Waals surface area contributed by atoms with Crippen LogP contribution in [-0.2, 0) is 0 Å². The fraction of sp³-hybridized carbons (Fsp3) is 0.0769. The zero-order chi connectivity index (χ0) is 16.1. The number of aliphatic imine (C=N–C) groups is 1. The van der Waals surface area contributed by atoms with Crippen LogP contribution in [0, 0.1) is 0 Å². The van der Waals surface area contributed by atoms with Crippen molar-refractivity contribution in [2.75, 3.05) is 12.4 Å². The summed E-state index contributed by atoms with van der Waals surface area (Å²) in [4.78, 5) is 30.3. The van der Waals surface area contributed by atoms with Crippen molar-refractivity contribution >= 4 is 29.2 Å². The van der Waals surface area contributed by atoms with Crippen molar-refractivity contribution in [2.45, 2.75) is 0 Å². The zero-order valence-electron chi connectivity index (χ0n) is 11.4. The molecule has 0 radical (unpaired) electrons. The van der Waals surface area contributed by atoms with E-state index in [1.54, 1.807) is 24.3 Å². The van der Waals surface area contributed by atoms with Crippen LogP contribution >= 0.6 is 12.2 Å². The molecule has 0 aliphatic rings. The highest BCUT2D eigenvalue weighted by molar-refractivity contribution is 7.80. The summed E-state index contributed by atoms with van der Waals surface area (Å²) >= 11 is 5.02. The molecule has 0 aliphatic heterocycles. The maximum Gasteiger partial charge on any atom is 0.328 e. The maximum absolute atomic E-state index is 11.5. The molecule has 9 heteroatoms. The van der Waals surface area contributed by atoms with E-state index in [1.165, 1.54) is 7.11 Å². The van der Waals surface area contributed by atoms with Gasteiger partial charge in [0, 0.05) is 6.21 Å². The van der Waals surface area contributed by atoms with Gasteiger partial charge in [0.15, 0.2) is 5.11 Å². The molecule has 4 N–H and O–H groups in total. The summed E-state index contributed by atoms with van der Waals surface area (Å²) in [6, 6.07) is 7.07. The van der Waals surface area contributed by atoms with Gasteiger partial charge in [-0.3, -0.25) is 14.8 Å². The standard InChI is InChI=1S/C13H12N4O4S/c1-21-9-5-3-2-4-8(9)15-13(22)14-6-7-10(18)16-12(20)17-11(7)19/h2-6H,1H3,(H,15,22)(H3,16,17,18,19,20). The van der Waals surface area contributed by atoms with E-state index in [0.29, 0.717) is 11.4 Å². The summed E-state index contributed by atoms with van der Waals surface area (Å²) in [5, 5.41) is 12.4. The molecule has 1 heterocycles. The smallest absolute Gasteiger partial charge is 0.328 e. The number of aromatic amines is 2. The maximum atomic E-state index is 11.5. The lowest BCUT2D eigenvalue weighted by molar-refractivity contribution is 0.417. The number of benzene rings is 1. The molecule has 8 nitrogen and oxygen atoms in total. The quantitative estimate of drug-likeness (QED) is 0.485. The summed E-state index contributed by atoms with van der Waals surface area (Å²) in [5.74, 6) is -0.0117. The van der Waals surface area contributed by atoms with Crippen molar-refractivity contribution in [1.29, 1.82) is 0 Å². The first-order valence-corrected chi connectivity index (χ1v) is 6.45. The Hall–Kier alpha value is -2.94. The molecule has 1 aromatic heterocycles. The van der Waals surface area contributed by atoms with Gasteiger partial charge in [-0.25, -0.2) is 9.79 Å². The van der Waals surface area contributed by atoms with E-state index in [4.69, 9.17) is 17.0 Å². The second-order valence-corrected chi connectivity index (χ2v) is 4.45. The Morgan fingerprint density at radius 3 is 2.77 bits per heavy atom. The molecule has 2 rings (SSSR count). The molecule has 0 bridgehead atoms. The minimum Gasteiger partial charge on any atom is -0.495 e. The summed E-state index contributed by atoms with van der Waals surface area (Å²) < 4.78 is 5.15. The second-order valence-electron chi connectivity index (χ2n) is 4.06. The highest BCUT2D eigenvalue weighted by Crippen LogP contribution is 2.23. The van der Waals surface area contributed by atoms with Crippen molar-refractivity contribution in [3.8, 4) is 11.6 Å². The van der Waals surface area contributed by atoms with E-state index in [1.807, 2.05) is 9.97 Å². The van der Waals surface area contributed by atoms with Crippen LogP contribution in [0.1, 0.15) is 5.56 Å². The predicted octanol–water partition coefficient (Wildman–Crippen LogP) is 0.593. The Labute approximate surface area is 129 Å². The van der Waals surface area contributed by atoms with Crippen molar-refractivity contribution in [1.82, 2.24) is 9.97 Å². The molecular weight excluding hydrogens is 308 g/mol. The van der Waals surface area contributed by atoms with Crippen LogP contribution in [0.5, 0.6) is 11.6 Å². The van der Waals surface area contributed by atoms with Crippen LogP contribution in [0.4, 0.5) is 5.69 Å². The number of hydrogen-bond donors (Lipinski definition) is 4. The molecular formula is C13H12N4O4S. The molecule has 0 spiro atoms. The first-order valence-electron chi connectivity index (χ1n) is 6.05. The van der Waals surface area contributed by atoms with Gasteiger partial charge in [0.2, 0.25) is 5.88 Å².